The highest BCUT2D eigenvalue weighted by Gasteiger charge is 2.17. The second kappa shape index (κ2) is 9.91. The highest BCUT2D eigenvalue weighted by molar-refractivity contribution is 7.16. The Bertz CT molecular complexity index is 881. The van der Waals surface area contributed by atoms with E-state index in [1.54, 1.807) is 23.1 Å². The van der Waals surface area contributed by atoms with E-state index in [4.69, 9.17) is 16.3 Å². The minimum absolute atomic E-state index is 0.153. The van der Waals surface area contributed by atoms with Gasteiger partial charge in [0.25, 0.3) is 5.91 Å². The monoisotopic (exact) mass is 402 g/mol. The van der Waals surface area contributed by atoms with Gasteiger partial charge in [0.2, 0.25) is 0 Å². The highest BCUT2D eigenvalue weighted by atomic mass is 35.5. The van der Waals surface area contributed by atoms with Gasteiger partial charge >= 0.3 is 5.97 Å². The lowest BCUT2D eigenvalue weighted by atomic mass is 10.1. The van der Waals surface area contributed by atoms with Crippen LogP contribution in [0.3, 0.4) is 0 Å². The number of ether oxygens (including phenoxy) is 1. The fourth-order valence-electron chi connectivity index (χ4n) is 2.26. The molecule has 140 valence electrons. The van der Waals surface area contributed by atoms with Gasteiger partial charge in [-0.3, -0.25) is 4.79 Å². The van der Waals surface area contributed by atoms with Gasteiger partial charge in [0.1, 0.15) is 11.6 Å². The van der Waals surface area contributed by atoms with Crippen LogP contribution in [0.4, 0.5) is 0 Å². The Morgan fingerprint density at radius 3 is 2.52 bits per heavy atom. The predicted molar refractivity (Wildman–Crippen MR) is 106 cm³/mol. The molecule has 2 aromatic rings. The zero-order valence-electron chi connectivity index (χ0n) is 15.1. The van der Waals surface area contributed by atoms with Crippen molar-refractivity contribution in [1.29, 1.82) is 5.26 Å². The second-order valence-corrected chi connectivity index (χ2v) is 7.57. The van der Waals surface area contributed by atoms with Gasteiger partial charge in [0.05, 0.1) is 10.9 Å². The second-order valence-electron chi connectivity index (χ2n) is 5.77. The standard InChI is InChI=1S/C20H19ClN2O3S/c1-3-23(12-17-8-9-18(21)27-17)19(24)13-26-20(25)16(11-22)10-15-6-4-14(2)5-7-15/h4-10H,3,12-13H2,1-2H3/b16-10+. The van der Waals surface area contributed by atoms with E-state index in [1.807, 2.05) is 38.1 Å². The Hall–Kier alpha value is -2.62. The molecule has 5 nitrogen and oxygen atoms in total. The average molecular weight is 403 g/mol. The Kier molecular flexibility index (Phi) is 7.59. The molecule has 0 radical (unpaired) electrons. The zero-order valence-corrected chi connectivity index (χ0v) is 16.6. The van der Waals surface area contributed by atoms with E-state index in [0.717, 1.165) is 10.4 Å². The largest absolute Gasteiger partial charge is 0.451 e. The number of likely N-dealkylation sites (N-methyl/N-ethyl adjacent to an activating group) is 1. The molecule has 0 aliphatic carbocycles. The van der Waals surface area contributed by atoms with E-state index in [2.05, 4.69) is 0 Å². The molecular weight excluding hydrogens is 384 g/mol. The molecule has 0 bridgehead atoms. The lowest BCUT2D eigenvalue weighted by Crippen LogP contribution is -2.34. The number of carbonyl (C=O) groups is 2. The summed E-state index contributed by atoms with van der Waals surface area (Å²) in [5.74, 6) is -1.15. The van der Waals surface area contributed by atoms with Crippen LogP contribution in [-0.2, 0) is 20.9 Å². The smallest absolute Gasteiger partial charge is 0.349 e. The van der Waals surface area contributed by atoms with Crippen LogP contribution in [0.2, 0.25) is 4.34 Å². The van der Waals surface area contributed by atoms with Crippen LogP contribution < -0.4 is 0 Å². The first-order valence-electron chi connectivity index (χ1n) is 8.30. The number of hydrogen-bond acceptors (Lipinski definition) is 5. The third-order valence-corrected chi connectivity index (χ3v) is 4.98. The van der Waals surface area contributed by atoms with Gasteiger partial charge in [0.15, 0.2) is 6.61 Å². The first kappa shape index (κ1) is 20.7. The van der Waals surface area contributed by atoms with Crippen molar-refractivity contribution >= 4 is 40.9 Å². The quantitative estimate of drug-likeness (QED) is 0.395. The van der Waals surface area contributed by atoms with Gasteiger partial charge < -0.3 is 9.64 Å². The maximum atomic E-state index is 12.3. The third kappa shape index (κ3) is 6.24. The summed E-state index contributed by atoms with van der Waals surface area (Å²) in [5.41, 5.74) is 1.63. The number of benzene rings is 1. The number of thiophene rings is 1. The molecule has 0 N–H and O–H groups in total. The number of amides is 1. The Morgan fingerprint density at radius 1 is 1.26 bits per heavy atom. The average Bonchev–Trinajstić information content (AvgIpc) is 3.08. The molecule has 0 unspecified atom stereocenters. The molecule has 0 atom stereocenters. The van der Waals surface area contributed by atoms with Crippen LogP contribution in [0, 0.1) is 18.3 Å². The maximum Gasteiger partial charge on any atom is 0.349 e. The van der Waals surface area contributed by atoms with E-state index in [9.17, 15) is 14.9 Å². The normalized spacial score (nSPS) is 11.0. The van der Waals surface area contributed by atoms with E-state index in [-0.39, 0.29) is 11.5 Å². The summed E-state index contributed by atoms with van der Waals surface area (Å²) >= 11 is 7.30. The fourth-order valence-corrected chi connectivity index (χ4v) is 3.37. The zero-order chi connectivity index (χ0) is 19.8. The molecule has 2 rings (SSSR count). The number of hydrogen-bond donors (Lipinski definition) is 0. The van der Waals surface area contributed by atoms with Crippen molar-refractivity contribution in [1.82, 2.24) is 4.90 Å². The molecule has 1 heterocycles. The van der Waals surface area contributed by atoms with Gasteiger partial charge in [-0.05, 0) is 37.6 Å². The van der Waals surface area contributed by atoms with E-state index in [1.165, 1.54) is 17.4 Å². The lowest BCUT2D eigenvalue weighted by molar-refractivity contribution is -0.148. The number of aryl methyl sites for hydroxylation is 1. The molecule has 1 amide bonds. The summed E-state index contributed by atoms with van der Waals surface area (Å²) in [7, 11) is 0. The van der Waals surface area contributed by atoms with Crippen molar-refractivity contribution in [2.24, 2.45) is 0 Å². The highest BCUT2D eigenvalue weighted by Crippen LogP contribution is 2.22. The number of nitriles is 1. The summed E-state index contributed by atoms with van der Waals surface area (Å²) in [6.45, 7) is 4.23. The molecule has 7 heteroatoms. The molecule has 1 aromatic heterocycles. The molecular formula is C20H19ClN2O3S. The molecule has 0 aliphatic rings. The van der Waals surface area contributed by atoms with Crippen LogP contribution in [0.5, 0.6) is 0 Å². The van der Waals surface area contributed by atoms with Crippen molar-refractivity contribution in [3.8, 4) is 6.07 Å². The predicted octanol–water partition coefficient (Wildman–Crippen LogP) is 4.21. The molecule has 1 aromatic carbocycles. The summed E-state index contributed by atoms with van der Waals surface area (Å²) < 4.78 is 5.69. The minimum Gasteiger partial charge on any atom is -0.451 e. The Balaban J connectivity index is 1.96. The number of carbonyl (C=O) groups excluding carboxylic acids is 2. The van der Waals surface area contributed by atoms with Crippen molar-refractivity contribution in [2.45, 2.75) is 20.4 Å². The number of esters is 1. The van der Waals surface area contributed by atoms with Crippen molar-refractivity contribution < 1.29 is 14.3 Å². The van der Waals surface area contributed by atoms with E-state index in [0.29, 0.717) is 23.0 Å². The lowest BCUT2D eigenvalue weighted by Gasteiger charge is -2.19. The van der Waals surface area contributed by atoms with E-state index < -0.39 is 12.6 Å². The molecule has 27 heavy (non-hydrogen) atoms. The first-order valence-corrected chi connectivity index (χ1v) is 9.50. The van der Waals surface area contributed by atoms with Crippen LogP contribution in [0.1, 0.15) is 22.9 Å². The van der Waals surface area contributed by atoms with Crippen molar-refractivity contribution in [2.75, 3.05) is 13.2 Å². The van der Waals surface area contributed by atoms with Crippen LogP contribution in [-0.4, -0.2) is 29.9 Å². The maximum absolute atomic E-state index is 12.3. The SMILES string of the molecule is CCN(Cc1ccc(Cl)s1)C(=O)COC(=O)/C(C#N)=C/c1ccc(C)cc1. The number of rotatable bonds is 7. The van der Waals surface area contributed by atoms with Gasteiger partial charge in [-0.15, -0.1) is 11.3 Å². The van der Waals surface area contributed by atoms with Crippen LogP contribution in [0.25, 0.3) is 6.08 Å². The number of nitrogens with zero attached hydrogens (tertiary/aromatic N) is 2. The molecule has 0 spiro atoms. The Labute approximate surface area is 167 Å². The summed E-state index contributed by atoms with van der Waals surface area (Å²) in [5, 5.41) is 9.20. The van der Waals surface area contributed by atoms with Gasteiger partial charge in [-0.2, -0.15) is 5.26 Å². The van der Waals surface area contributed by atoms with Crippen LogP contribution in [0.15, 0.2) is 42.0 Å². The molecule has 0 saturated heterocycles. The first-order chi connectivity index (χ1) is 12.9. The third-order valence-electron chi connectivity index (χ3n) is 3.77. The summed E-state index contributed by atoms with van der Waals surface area (Å²) in [6, 6.07) is 12.8. The van der Waals surface area contributed by atoms with Crippen molar-refractivity contribution in [3.05, 3.63) is 62.3 Å². The van der Waals surface area contributed by atoms with Gasteiger partial charge in [0, 0.05) is 11.4 Å². The van der Waals surface area contributed by atoms with Gasteiger partial charge in [-0.25, -0.2) is 4.79 Å². The molecule has 0 fully saturated rings. The summed E-state index contributed by atoms with van der Waals surface area (Å²) in [6.07, 6.45) is 1.44. The van der Waals surface area contributed by atoms with Gasteiger partial charge in [-0.1, -0.05) is 41.4 Å². The molecule has 0 saturated carbocycles. The summed E-state index contributed by atoms with van der Waals surface area (Å²) in [4.78, 5) is 26.9. The van der Waals surface area contributed by atoms with E-state index >= 15 is 0 Å². The van der Waals surface area contributed by atoms with Crippen molar-refractivity contribution in [3.63, 3.8) is 0 Å². The minimum atomic E-state index is -0.818. The fraction of sp³-hybridized carbons (Fsp3) is 0.250. The Morgan fingerprint density at radius 2 is 1.96 bits per heavy atom. The topological polar surface area (TPSA) is 70.4 Å². The molecule has 0 aliphatic heterocycles. The number of halogens is 1. The van der Waals surface area contributed by atoms with Crippen LogP contribution >= 0.6 is 22.9 Å².